The molecule has 6 nitrogen and oxygen atoms in total. The number of nitrogens with zero attached hydrogens (tertiary/aromatic N) is 4. The van der Waals surface area contributed by atoms with Crippen molar-refractivity contribution in [3.63, 3.8) is 0 Å². The molecule has 2 bridgehead atoms. The highest BCUT2D eigenvalue weighted by molar-refractivity contribution is 5.79. The third-order valence-electron chi connectivity index (χ3n) is 4.49. The summed E-state index contributed by atoms with van der Waals surface area (Å²) in [5.74, 6) is 0.384. The highest BCUT2D eigenvalue weighted by Crippen LogP contribution is 2.08. The zero-order valence-corrected chi connectivity index (χ0v) is 13.4. The number of likely N-dealkylation sites (N-methyl/N-ethyl adjacent to an activating group) is 2. The topological polar surface area (TPSA) is 47.1 Å². The second-order valence-corrected chi connectivity index (χ2v) is 6.22. The van der Waals surface area contributed by atoms with Crippen molar-refractivity contribution in [3.8, 4) is 0 Å². The lowest BCUT2D eigenvalue weighted by molar-refractivity contribution is -0.134. The summed E-state index contributed by atoms with van der Waals surface area (Å²) in [7, 11) is 4.13. The van der Waals surface area contributed by atoms with Gasteiger partial charge in [0.2, 0.25) is 11.8 Å². The Kier molecular flexibility index (Phi) is 5.99. The summed E-state index contributed by atoms with van der Waals surface area (Å²) in [6.07, 6.45) is 1.66. The van der Waals surface area contributed by atoms with Crippen molar-refractivity contribution < 1.29 is 9.59 Å². The van der Waals surface area contributed by atoms with Gasteiger partial charge in [-0.15, -0.1) is 0 Å². The molecule has 3 fully saturated rings. The maximum atomic E-state index is 12.3. The molecule has 0 aromatic rings. The zero-order chi connectivity index (χ0) is 15.2. The van der Waals surface area contributed by atoms with Gasteiger partial charge in [-0.2, -0.15) is 0 Å². The molecule has 0 aromatic carbocycles. The highest BCUT2D eigenvalue weighted by Gasteiger charge is 2.21. The van der Waals surface area contributed by atoms with E-state index in [2.05, 4.69) is 23.9 Å². The van der Waals surface area contributed by atoms with E-state index in [0.717, 1.165) is 52.4 Å². The fourth-order valence-corrected chi connectivity index (χ4v) is 2.82. The third-order valence-corrected chi connectivity index (χ3v) is 4.49. The number of amides is 2. The number of hydrogen-bond donors (Lipinski definition) is 0. The molecular formula is C15H28N4O2. The van der Waals surface area contributed by atoms with Crippen LogP contribution in [0.3, 0.4) is 0 Å². The Morgan fingerprint density at radius 2 is 0.952 bits per heavy atom. The minimum atomic E-state index is 0.192. The molecule has 0 radical (unpaired) electrons. The lowest BCUT2D eigenvalue weighted by Crippen LogP contribution is -2.47. The summed E-state index contributed by atoms with van der Waals surface area (Å²) >= 11 is 0. The van der Waals surface area contributed by atoms with Crippen LogP contribution in [0.1, 0.15) is 19.3 Å². The number of hydrogen-bond acceptors (Lipinski definition) is 4. The molecule has 0 saturated carbocycles. The first-order valence-electron chi connectivity index (χ1n) is 7.99. The Hall–Kier alpha value is -1.14. The van der Waals surface area contributed by atoms with Gasteiger partial charge in [0.1, 0.15) is 0 Å². The van der Waals surface area contributed by atoms with Crippen molar-refractivity contribution in [2.24, 2.45) is 0 Å². The first kappa shape index (κ1) is 16.2. The van der Waals surface area contributed by atoms with Crippen molar-refractivity contribution in [2.75, 3.05) is 66.5 Å². The van der Waals surface area contributed by atoms with Crippen molar-refractivity contribution in [2.45, 2.75) is 19.3 Å². The van der Waals surface area contributed by atoms with Gasteiger partial charge < -0.3 is 19.6 Å². The van der Waals surface area contributed by atoms with Crippen LogP contribution >= 0.6 is 0 Å². The van der Waals surface area contributed by atoms with Crippen LogP contribution in [0.2, 0.25) is 0 Å². The van der Waals surface area contributed by atoms with Gasteiger partial charge in [-0.05, 0) is 20.5 Å². The fourth-order valence-electron chi connectivity index (χ4n) is 2.82. The van der Waals surface area contributed by atoms with Crippen LogP contribution in [0.5, 0.6) is 0 Å². The molecule has 21 heavy (non-hydrogen) atoms. The quantitative estimate of drug-likeness (QED) is 0.616. The normalized spacial score (nSPS) is 25.0. The maximum absolute atomic E-state index is 12.3. The number of carbonyl (C=O) groups excluding carboxylic acids is 2. The first-order valence-corrected chi connectivity index (χ1v) is 7.99. The molecule has 0 N–H and O–H groups in total. The van der Waals surface area contributed by atoms with E-state index in [9.17, 15) is 9.59 Å². The Morgan fingerprint density at radius 1 is 0.619 bits per heavy atom. The predicted octanol–water partition coefficient (Wildman–Crippen LogP) is -0.295. The van der Waals surface area contributed by atoms with Gasteiger partial charge in [-0.1, -0.05) is 0 Å². The Bertz CT molecular complexity index is 325. The lowest BCUT2D eigenvalue weighted by atomic mass is 10.2. The minimum absolute atomic E-state index is 0.192. The summed E-state index contributed by atoms with van der Waals surface area (Å²) in [5, 5.41) is 0. The van der Waals surface area contributed by atoms with Crippen molar-refractivity contribution in [1.29, 1.82) is 0 Å². The standard InChI is InChI=1S/C15H28N4O2/c1-16-6-10-18-12-8-17(2)9-13-19(11-7-16)15(21)5-3-4-14(18)20/h3-13H2,1-2H3. The SMILES string of the molecule is CN1CCN2CCN(C)CCN(CC1)C(=O)CCCC2=O. The molecule has 0 unspecified atom stereocenters. The molecule has 0 atom stereocenters. The van der Waals surface area contributed by atoms with Crippen molar-refractivity contribution >= 4 is 11.8 Å². The second kappa shape index (κ2) is 7.75. The third kappa shape index (κ3) is 4.97. The van der Waals surface area contributed by atoms with E-state index in [4.69, 9.17) is 0 Å². The number of fused-ring (bicyclic) bond motifs is 12. The van der Waals surface area contributed by atoms with E-state index in [1.54, 1.807) is 0 Å². The number of carbonyl (C=O) groups is 2. The van der Waals surface area contributed by atoms with Crippen LogP contribution in [-0.4, -0.2) is 97.9 Å². The summed E-state index contributed by atoms with van der Waals surface area (Å²) in [5.41, 5.74) is 0. The predicted molar refractivity (Wildman–Crippen MR) is 82.0 cm³/mol. The second-order valence-electron chi connectivity index (χ2n) is 6.22. The molecule has 0 spiro atoms. The largest absolute Gasteiger partial charge is 0.340 e. The average Bonchev–Trinajstić information content (AvgIpc) is 2.44. The van der Waals surface area contributed by atoms with Crippen molar-refractivity contribution in [1.82, 2.24) is 19.6 Å². The van der Waals surface area contributed by atoms with Crippen LogP contribution in [0.25, 0.3) is 0 Å². The Balaban J connectivity index is 2.17. The lowest BCUT2D eigenvalue weighted by Gasteiger charge is -2.33. The van der Waals surface area contributed by atoms with E-state index in [0.29, 0.717) is 19.3 Å². The van der Waals surface area contributed by atoms with E-state index in [-0.39, 0.29) is 11.8 Å². The van der Waals surface area contributed by atoms with Gasteiger partial charge in [0.25, 0.3) is 0 Å². The molecule has 0 aromatic heterocycles. The van der Waals surface area contributed by atoms with Gasteiger partial charge >= 0.3 is 0 Å². The molecule has 6 heteroatoms. The van der Waals surface area contributed by atoms with Gasteiger partial charge in [-0.25, -0.2) is 0 Å². The Morgan fingerprint density at radius 3 is 1.29 bits per heavy atom. The van der Waals surface area contributed by atoms with Gasteiger partial charge in [-0.3, -0.25) is 9.59 Å². The van der Waals surface area contributed by atoms with Crippen LogP contribution in [0, 0.1) is 0 Å². The zero-order valence-electron chi connectivity index (χ0n) is 13.4. The molecule has 3 rings (SSSR count). The summed E-state index contributed by atoms with van der Waals surface area (Å²) in [6.45, 7) is 6.65. The van der Waals surface area contributed by atoms with E-state index in [1.165, 1.54) is 0 Å². The Labute approximate surface area is 127 Å². The monoisotopic (exact) mass is 296 g/mol. The van der Waals surface area contributed by atoms with Gasteiger partial charge in [0.05, 0.1) is 0 Å². The summed E-state index contributed by atoms with van der Waals surface area (Å²) in [4.78, 5) is 33.0. The average molecular weight is 296 g/mol. The first-order chi connectivity index (χ1) is 10.1. The van der Waals surface area contributed by atoms with Crippen LogP contribution < -0.4 is 0 Å². The molecular weight excluding hydrogens is 268 g/mol. The molecule has 120 valence electrons. The number of rotatable bonds is 0. The van der Waals surface area contributed by atoms with E-state index < -0.39 is 0 Å². The molecule has 3 heterocycles. The molecule has 3 saturated heterocycles. The summed E-state index contributed by atoms with van der Waals surface area (Å²) < 4.78 is 0. The van der Waals surface area contributed by atoms with E-state index in [1.807, 2.05) is 9.80 Å². The van der Waals surface area contributed by atoms with Gasteiger partial charge in [0.15, 0.2) is 0 Å². The maximum Gasteiger partial charge on any atom is 0.222 e. The van der Waals surface area contributed by atoms with Crippen LogP contribution in [0.15, 0.2) is 0 Å². The molecule has 2 amide bonds. The molecule has 0 aliphatic carbocycles. The fraction of sp³-hybridized carbons (Fsp3) is 0.867. The smallest absolute Gasteiger partial charge is 0.222 e. The van der Waals surface area contributed by atoms with Crippen LogP contribution in [0.4, 0.5) is 0 Å². The van der Waals surface area contributed by atoms with Crippen LogP contribution in [-0.2, 0) is 9.59 Å². The van der Waals surface area contributed by atoms with Crippen molar-refractivity contribution in [3.05, 3.63) is 0 Å². The van der Waals surface area contributed by atoms with E-state index >= 15 is 0 Å². The molecule has 3 aliphatic heterocycles. The van der Waals surface area contributed by atoms with Gasteiger partial charge in [0, 0.05) is 65.2 Å². The molecule has 3 aliphatic rings. The minimum Gasteiger partial charge on any atom is -0.340 e. The highest BCUT2D eigenvalue weighted by atomic mass is 16.2. The summed E-state index contributed by atoms with van der Waals surface area (Å²) in [6, 6.07) is 0.